The molecule has 158 valence electrons. The summed E-state index contributed by atoms with van der Waals surface area (Å²) in [7, 11) is -3.83. The van der Waals surface area contributed by atoms with Crippen molar-refractivity contribution >= 4 is 21.6 Å². The average Bonchev–Trinajstić information content (AvgIpc) is 3.32. The topological polar surface area (TPSA) is 93.4 Å². The normalized spacial score (nSPS) is 19.9. The summed E-state index contributed by atoms with van der Waals surface area (Å²) in [6.07, 6.45) is 3.83. The van der Waals surface area contributed by atoms with Gasteiger partial charge in [0.1, 0.15) is 0 Å². The third-order valence-electron chi connectivity index (χ3n) is 6.29. The standard InChI is InChI=1S/C24H23N3O3S/c1-15-10-18-7-8-21(31(25,29)30)14-23(18)27(15)24(28)20-11-16-5-6-17(12-19(16)13-20)22-4-2-3-9-26-22/h2-9,12,14-15,20H,10-11,13H2,1H3,(H2,25,29,30). The van der Waals surface area contributed by atoms with Gasteiger partial charge in [0.2, 0.25) is 15.9 Å². The van der Waals surface area contributed by atoms with Gasteiger partial charge in [-0.1, -0.05) is 24.3 Å². The molecule has 5 rings (SSSR count). The van der Waals surface area contributed by atoms with Crippen LogP contribution in [0.5, 0.6) is 0 Å². The second-order valence-corrected chi connectivity index (χ2v) is 9.96. The summed E-state index contributed by atoms with van der Waals surface area (Å²) >= 11 is 0. The van der Waals surface area contributed by atoms with Crippen LogP contribution in [0, 0.1) is 5.92 Å². The molecule has 2 aliphatic rings. The predicted octanol–water partition coefficient (Wildman–Crippen LogP) is 3.09. The Hall–Kier alpha value is -3.03. The molecule has 0 bridgehead atoms. The van der Waals surface area contributed by atoms with E-state index in [0.717, 1.165) is 16.8 Å². The largest absolute Gasteiger partial charge is 0.309 e. The third-order valence-corrected chi connectivity index (χ3v) is 7.20. The number of aromatic nitrogens is 1. The predicted molar refractivity (Wildman–Crippen MR) is 119 cm³/mol. The fourth-order valence-corrected chi connectivity index (χ4v) is 5.32. The van der Waals surface area contributed by atoms with E-state index in [1.54, 1.807) is 17.2 Å². The number of hydrogen-bond acceptors (Lipinski definition) is 4. The van der Waals surface area contributed by atoms with E-state index in [9.17, 15) is 13.2 Å². The number of anilines is 1. The van der Waals surface area contributed by atoms with Crippen LogP contribution in [0.2, 0.25) is 0 Å². The van der Waals surface area contributed by atoms with E-state index in [1.165, 1.54) is 23.3 Å². The molecule has 7 heteroatoms. The molecule has 0 radical (unpaired) electrons. The van der Waals surface area contributed by atoms with Gasteiger partial charge in [-0.2, -0.15) is 0 Å². The molecule has 3 aromatic rings. The molecule has 2 atom stereocenters. The van der Waals surface area contributed by atoms with Crippen LogP contribution < -0.4 is 10.0 Å². The number of nitrogens with two attached hydrogens (primary N) is 1. The average molecular weight is 434 g/mol. The molecule has 0 saturated heterocycles. The number of amides is 1. The van der Waals surface area contributed by atoms with Crippen LogP contribution in [-0.2, 0) is 34.1 Å². The molecule has 0 spiro atoms. The van der Waals surface area contributed by atoms with Gasteiger partial charge in [-0.3, -0.25) is 9.78 Å². The van der Waals surface area contributed by atoms with Crippen LogP contribution in [0.15, 0.2) is 65.7 Å². The molecule has 2 N–H and O–H groups in total. The molecule has 2 aromatic carbocycles. The van der Waals surface area contributed by atoms with E-state index in [0.29, 0.717) is 24.9 Å². The van der Waals surface area contributed by atoms with Crippen LogP contribution in [-0.4, -0.2) is 25.4 Å². The minimum Gasteiger partial charge on any atom is -0.309 e. The number of pyridine rings is 1. The molecular weight excluding hydrogens is 410 g/mol. The van der Waals surface area contributed by atoms with Crippen LogP contribution in [0.4, 0.5) is 5.69 Å². The van der Waals surface area contributed by atoms with Crippen molar-refractivity contribution in [3.05, 3.63) is 77.5 Å². The SMILES string of the molecule is CC1Cc2ccc(S(N)(=O)=O)cc2N1C(=O)C1Cc2ccc(-c3ccccn3)cc2C1. The Morgan fingerprint density at radius 3 is 2.52 bits per heavy atom. The lowest BCUT2D eigenvalue weighted by molar-refractivity contribution is -0.122. The van der Waals surface area contributed by atoms with Crippen molar-refractivity contribution in [3.63, 3.8) is 0 Å². The number of hydrogen-bond donors (Lipinski definition) is 1. The van der Waals surface area contributed by atoms with Gasteiger partial charge in [0.25, 0.3) is 0 Å². The highest BCUT2D eigenvalue weighted by atomic mass is 32.2. The third kappa shape index (κ3) is 3.54. The van der Waals surface area contributed by atoms with Crippen molar-refractivity contribution in [3.8, 4) is 11.3 Å². The molecular formula is C24H23N3O3S. The molecule has 6 nitrogen and oxygen atoms in total. The number of primary sulfonamides is 1. The first-order valence-corrected chi connectivity index (χ1v) is 11.9. The second-order valence-electron chi connectivity index (χ2n) is 8.40. The summed E-state index contributed by atoms with van der Waals surface area (Å²) in [4.78, 5) is 19.8. The Morgan fingerprint density at radius 1 is 1.00 bits per heavy atom. The Labute approximate surface area is 181 Å². The molecule has 31 heavy (non-hydrogen) atoms. The number of rotatable bonds is 3. The van der Waals surface area contributed by atoms with Crippen LogP contribution in [0.25, 0.3) is 11.3 Å². The second kappa shape index (κ2) is 7.28. The highest BCUT2D eigenvalue weighted by molar-refractivity contribution is 7.89. The molecule has 1 aromatic heterocycles. The Kier molecular flexibility index (Phi) is 4.68. The lowest BCUT2D eigenvalue weighted by atomic mass is 10.0. The number of carbonyl (C=O) groups excluding carboxylic acids is 1. The van der Waals surface area contributed by atoms with Crippen molar-refractivity contribution in [2.24, 2.45) is 11.1 Å². The zero-order valence-corrected chi connectivity index (χ0v) is 18.0. The van der Waals surface area contributed by atoms with Gasteiger partial charge in [0.05, 0.1) is 10.6 Å². The zero-order chi connectivity index (χ0) is 21.8. The number of sulfonamides is 1. The number of benzene rings is 2. The first kappa shape index (κ1) is 19.9. The van der Waals surface area contributed by atoms with E-state index in [4.69, 9.17) is 5.14 Å². The molecule has 1 aliphatic carbocycles. The molecule has 0 fully saturated rings. The first-order chi connectivity index (χ1) is 14.8. The van der Waals surface area contributed by atoms with Crippen molar-refractivity contribution in [2.45, 2.75) is 37.1 Å². The Morgan fingerprint density at radius 2 is 1.77 bits per heavy atom. The fourth-order valence-electron chi connectivity index (χ4n) is 4.78. The van der Waals surface area contributed by atoms with Crippen LogP contribution >= 0.6 is 0 Å². The summed E-state index contributed by atoms with van der Waals surface area (Å²) in [6.45, 7) is 2.00. The first-order valence-electron chi connectivity index (χ1n) is 10.3. The molecule has 2 heterocycles. The monoisotopic (exact) mass is 433 g/mol. The van der Waals surface area contributed by atoms with E-state index >= 15 is 0 Å². The van der Waals surface area contributed by atoms with Gasteiger partial charge in [-0.25, -0.2) is 13.6 Å². The van der Waals surface area contributed by atoms with Crippen molar-refractivity contribution < 1.29 is 13.2 Å². The van der Waals surface area contributed by atoms with Crippen molar-refractivity contribution in [1.82, 2.24) is 4.98 Å². The van der Waals surface area contributed by atoms with E-state index < -0.39 is 10.0 Å². The molecule has 2 unspecified atom stereocenters. The van der Waals surface area contributed by atoms with Crippen molar-refractivity contribution in [1.29, 1.82) is 0 Å². The van der Waals surface area contributed by atoms with E-state index in [2.05, 4.69) is 23.2 Å². The zero-order valence-electron chi connectivity index (χ0n) is 17.2. The Bertz CT molecular complexity index is 1290. The highest BCUT2D eigenvalue weighted by Crippen LogP contribution is 2.38. The summed E-state index contributed by atoms with van der Waals surface area (Å²) < 4.78 is 23.6. The lowest BCUT2D eigenvalue weighted by Gasteiger charge is -2.26. The van der Waals surface area contributed by atoms with Gasteiger partial charge in [-0.05, 0) is 73.2 Å². The fraction of sp³-hybridized carbons (Fsp3) is 0.250. The molecule has 0 saturated carbocycles. The maximum atomic E-state index is 13.5. The number of nitrogens with zero attached hydrogens (tertiary/aromatic N) is 2. The minimum absolute atomic E-state index is 0.0222. The van der Waals surface area contributed by atoms with E-state index in [1.807, 2.05) is 25.1 Å². The maximum absolute atomic E-state index is 13.5. The summed E-state index contributed by atoms with van der Waals surface area (Å²) in [5.41, 5.74) is 5.95. The van der Waals surface area contributed by atoms with Crippen LogP contribution in [0.3, 0.4) is 0 Å². The highest BCUT2D eigenvalue weighted by Gasteiger charge is 2.37. The summed E-state index contributed by atoms with van der Waals surface area (Å²) in [6, 6.07) is 16.9. The minimum atomic E-state index is -3.83. The smallest absolute Gasteiger partial charge is 0.238 e. The number of carbonyl (C=O) groups is 1. The summed E-state index contributed by atoms with van der Waals surface area (Å²) in [5, 5.41) is 5.31. The van der Waals surface area contributed by atoms with Crippen molar-refractivity contribution in [2.75, 3.05) is 4.90 Å². The van der Waals surface area contributed by atoms with E-state index in [-0.39, 0.29) is 22.8 Å². The lowest BCUT2D eigenvalue weighted by Crippen LogP contribution is -2.40. The van der Waals surface area contributed by atoms with Gasteiger partial charge in [0.15, 0.2) is 0 Å². The molecule has 1 amide bonds. The quantitative estimate of drug-likeness (QED) is 0.687. The maximum Gasteiger partial charge on any atom is 0.238 e. The van der Waals surface area contributed by atoms with Gasteiger partial charge in [-0.15, -0.1) is 0 Å². The van der Waals surface area contributed by atoms with Gasteiger partial charge in [0, 0.05) is 29.4 Å². The number of fused-ring (bicyclic) bond motifs is 2. The molecule has 1 aliphatic heterocycles. The van der Waals surface area contributed by atoms with Gasteiger partial charge >= 0.3 is 0 Å². The summed E-state index contributed by atoms with van der Waals surface area (Å²) in [5.74, 6) is -0.131. The van der Waals surface area contributed by atoms with Crippen LogP contribution in [0.1, 0.15) is 23.6 Å². The van der Waals surface area contributed by atoms with Gasteiger partial charge < -0.3 is 4.90 Å². The Balaban J connectivity index is 1.43.